The molecule has 0 spiro atoms. The van der Waals surface area contributed by atoms with Gasteiger partial charge in [-0.1, -0.05) is 0 Å². The standard InChI is InChI=1S/C12H15N3O3/c1-7-2-3-9(11(17)14-7)12(18)15-5-4-8(6-15)10(13)16/h2-3,8H,4-6H2,1H3,(H2,13,16)(H,14,17)/t8-/m0/s1. The van der Waals surface area contributed by atoms with Crippen LogP contribution in [0.15, 0.2) is 16.9 Å². The smallest absolute Gasteiger partial charge is 0.260 e. The van der Waals surface area contributed by atoms with Crippen LogP contribution in [0.5, 0.6) is 0 Å². The van der Waals surface area contributed by atoms with Crippen molar-refractivity contribution in [2.75, 3.05) is 13.1 Å². The van der Waals surface area contributed by atoms with Crippen LogP contribution in [0.1, 0.15) is 22.5 Å². The lowest BCUT2D eigenvalue weighted by Gasteiger charge is -2.15. The summed E-state index contributed by atoms with van der Waals surface area (Å²) in [5.74, 6) is -1.05. The molecule has 0 bridgehead atoms. The molecule has 2 rings (SSSR count). The quantitative estimate of drug-likeness (QED) is 0.748. The molecule has 0 aliphatic carbocycles. The average molecular weight is 249 g/mol. The lowest BCUT2D eigenvalue weighted by Crippen LogP contribution is -2.34. The summed E-state index contributed by atoms with van der Waals surface area (Å²) in [6, 6.07) is 3.18. The van der Waals surface area contributed by atoms with Crippen molar-refractivity contribution in [2.45, 2.75) is 13.3 Å². The Morgan fingerprint density at radius 1 is 1.44 bits per heavy atom. The third-order valence-electron chi connectivity index (χ3n) is 3.16. The third-order valence-corrected chi connectivity index (χ3v) is 3.16. The SMILES string of the molecule is Cc1ccc(C(=O)N2CC[C@H](C(N)=O)C2)c(=O)[nH]1. The van der Waals surface area contributed by atoms with Gasteiger partial charge in [-0.05, 0) is 25.5 Å². The van der Waals surface area contributed by atoms with Gasteiger partial charge in [-0.3, -0.25) is 14.4 Å². The molecule has 18 heavy (non-hydrogen) atoms. The Kier molecular flexibility index (Phi) is 3.18. The number of primary amides is 1. The maximum atomic E-state index is 12.1. The molecule has 2 amide bonds. The highest BCUT2D eigenvalue weighted by atomic mass is 16.2. The maximum absolute atomic E-state index is 12.1. The van der Waals surface area contributed by atoms with Crippen molar-refractivity contribution in [1.29, 1.82) is 0 Å². The van der Waals surface area contributed by atoms with Crippen LogP contribution in [0.25, 0.3) is 0 Å². The van der Waals surface area contributed by atoms with Crippen LogP contribution < -0.4 is 11.3 Å². The first-order valence-corrected chi connectivity index (χ1v) is 5.77. The van der Waals surface area contributed by atoms with E-state index in [1.807, 2.05) is 0 Å². The van der Waals surface area contributed by atoms with Gasteiger partial charge in [0.15, 0.2) is 0 Å². The highest BCUT2D eigenvalue weighted by Crippen LogP contribution is 2.17. The summed E-state index contributed by atoms with van der Waals surface area (Å²) in [5, 5.41) is 0. The first-order chi connectivity index (χ1) is 8.49. The fraction of sp³-hybridized carbons (Fsp3) is 0.417. The fourth-order valence-corrected chi connectivity index (χ4v) is 2.09. The number of aromatic nitrogens is 1. The van der Waals surface area contributed by atoms with Gasteiger partial charge >= 0.3 is 0 Å². The Labute approximate surface area is 104 Å². The molecule has 6 heteroatoms. The van der Waals surface area contributed by atoms with E-state index in [1.54, 1.807) is 13.0 Å². The van der Waals surface area contributed by atoms with Crippen LogP contribution in [0.2, 0.25) is 0 Å². The minimum absolute atomic E-state index is 0.103. The average Bonchev–Trinajstić information content (AvgIpc) is 2.77. The van der Waals surface area contributed by atoms with Gasteiger partial charge in [-0.25, -0.2) is 0 Å². The van der Waals surface area contributed by atoms with Crippen LogP contribution in [-0.4, -0.2) is 34.8 Å². The largest absolute Gasteiger partial charge is 0.369 e. The first-order valence-electron chi connectivity index (χ1n) is 5.77. The molecule has 0 aromatic carbocycles. The van der Waals surface area contributed by atoms with Gasteiger partial charge in [0.05, 0.1) is 5.92 Å². The van der Waals surface area contributed by atoms with E-state index in [2.05, 4.69) is 4.98 Å². The van der Waals surface area contributed by atoms with E-state index in [0.29, 0.717) is 25.2 Å². The van der Waals surface area contributed by atoms with E-state index in [-0.39, 0.29) is 17.4 Å². The number of carbonyl (C=O) groups excluding carboxylic acids is 2. The van der Waals surface area contributed by atoms with Crippen molar-refractivity contribution >= 4 is 11.8 Å². The normalized spacial score (nSPS) is 18.9. The number of carbonyl (C=O) groups is 2. The number of nitrogens with two attached hydrogens (primary N) is 1. The van der Waals surface area contributed by atoms with E-state index >= 15 is 0 Å². The highest BCUT2D eigenvalue weighted by molar-refractivity contribution is 5.94. The summed E-state index contributed by atoms with van der Waals surface area (Å²) >= 11 is 0. The molecule has 0 unspecified atom stereocenters. The van der Waals surface area contributed by atoms with Gasteiger partial charge in [-0.2, -0.15) is 0 Å². The minimum atomic E-state index is -0.400. The van der Waals surface area contributed by atoms with E-state index in [1.165, 1.54) is 11.0 Å². The molecule has 3 N–H and O–H groups in total. The molecule has 1 saturated heterocycles. The number of rotatable bonds is 2. The Morgan fingerprint density at radius 3 is 2.72 bits per heavy atom. The third kappa shape index (κ3) is 2.27. The number of aryl methyl sites for hydroxylation is 1. The zero-order chi connectivity index (χ0) is 13.3. The first kappa shape index (κ1) is 12.3. The number of amides is 2. The number of H-pyrrole nitrogens is 1. The number of hydrogen-bond acceptors (Lipinski definition) is 3. The molecule has 96 valence electrons. The van der Waals surface area contributed by atoms with Crippen LogP contribution in [0.4, 0.5) is 0 Å². The fourth-order valence-electron chi connectivity index (χ4n) is 2.09. The van der Waals surface area contributed by atoms with Crippen molar-refractivity contribution in [1.82, 2.24) is 9.88 Å². The lowest BCUT2D eigenvalue weighted by atomic mass is 10.1. The Hall–Kier alpha value is -2.11. The number of nitrogens with one attached hydrogen (secondary N) is 1. The summed E-state index contributed by atoms with van der Waals surface area (Å²) in [5.41, 5.74) is 5.61. The van der Waals surface area contributed by atoms with Gasteiger partial charge in [0.25, 0.3) is 11.5 Å². The van der Waals surface area contributed by atoms with E-state index in [9.17, 15) is 14.4 Å². The molecule has 1 aromatic heterocycles. The lowest BCUT2D eigenvalue weighted by molar-refractivity contribution is -0.121. The second-order valence-corrected chi connectivity index (χ2v) is 4.52. The van der Waals surface area contributed by atoms with Gasteiger partial charge in [0, 0.05) is 18.8 Å². The highest BCUT2D eigenvalue weighted by Gasteiger charge is 2.30. The molecule has 6 nitrogen and oxygen atoms in total. The zero-order valence-electron chi connectivity index (χ0n) is 10.1. The summed E-state index contributed by atoms with van der Waals surface area (Å²) in [6.45, 7) is 2.50. The van der Waals surface area contributed by atoms with Gasteiger partial charge in [0.2, 0.25) is 5.91 Å². The number of aromatic amines is 1. The van der Waals surface area contributed by atoms with Crippen molar-refractivity contribution < 1.29 is 9.59 Å². The van der Waals surface area contributed by atoms with Crippen molar-refractivity contribution in [3.63, 3.8) is 0 Å². The molecule has 0 radical (unpaired) electrons. The Bertz CT molecular complexity index is 550. The molecule has 0 saturated carbocycles. The molecular formula is C12H15N3O3. The molecule has 1 aromatic rings. The Balaban J connectivity index is 2.18. The predicted molar refractivity (Wildman–Crippen MR) is 65.0 cm³/mol. The predicted octanol–water partition coefficient (Wildman–Crippen LogP) is -0.369. The summed E-state index contributed by atoms with van der Waals surface area (Å²) in [6.07, 6.45) is 0.560. The maximum Gasteiger partial charge on any atom is 0.260 e. The number of pyridine rings is 1. The summed E-state index contributed by atoms with van der Waals surface area (Å²) in [4.78, 5) is 38.9. The zero-order valence-corrected chi connectivity index (χ0v) is 10.1. The van der Waals surface area contributed by atoms with Crippen LogP contribution in [0.3, 0.4) is 0 Å². The van der Waals surface area contributed by atoms with Gasteiger partial charge < -0.3 is 15.6 Å². The number of likely N-dealkylation sites (tertiary alicyclic amines) is 1. The van der Waals surface area contributed by atoms with Crippen LogP contribution in [0, 0.1) is 12.8 Å². The topological polar surface area (TPSA) is 96.3 Å². The van der Waals surface area contributed by atoms with Crippen molar-refractivity contribution in [2.24, 2.45) is 11.7 Å². The molecule has 1 fully saturated rings. The molecule has 1 aliphatic heterocycles. The number of nitrogens with zero attached hydrogens (tertiary/aromatic N) is 1. The molecule has 1 atom stereocenters. The van der Waals surface area contributed by atoms with Crippen molar-refractivity contribution in [3.05, 3.63) is 33.7 Å². The molecule has 1 aliphatic rings. The Morgan fingerprint density at radius 2 is 2.17 bits per heavy atom. The molecular weight excluding hydrogens is 234 g/mol. The van der Waals surface area contributed by atoms with Gasteiger partial charge in [-0.15, -0.1) is 0 Å². The van der Waals surface area contributed by atoms with E-state index in [4.69, 9.17) is 5.73 Å². The second kappa shape index (κ2) is 4.64. The van der Waals surface area contributed by atoms with Crippen LogP contribution >= 0.6 is 0 Å². The summed E-state index contributed by atoms with van der Waals surface area (Å²) < 4.78 is 0. The van der Waals surface area contributed by atoms with Gasteiger partial charge in [0.1, 0.15) is 5.56 Å². The minimum Gasteiger partial charge on any atom is -0.369 e. The second-order valence-electron chi connectivity index (χ2n) is 4.52. The van der Waals surface area contributed by atoms with E-state index < -0.39 is 11.5 Å². The van der Waals surface area contributed by atoms with E-state index in [0.717, 1.165) is 0 Å². The van der Waals surface area contributed by atoms with Crippen molar-refractivity contribution in [3.8, 4) is 0 Å². The van der Waals surface area contributed by atoms with Crippen LogP contribution in [-0.2, 0) is 4.79 Å². The molecule has 2 heterocycles. The monoisotopic (exact) mass is 249 g/mol. The number of hydrogen-bond donors (Lipinski definition) is 2. The summed E-state index contributed by atoms with van der Waals surface area (Å²) in [7, 11) is 0.